The lowest BCUT2D eigenvalue weighted by atomic mass is 10.2. The number of benzene rings is 1. The van der Waals surface area contributed by atoms with Crippen LogP contribution in [-0.2, 0) is 29.2 Å². The average Bonchev–Trinajstić information content (AvgIpc) is 2.47. The topological polar surface area (TPSA) is 119 Å². The maximum absolute atomic E-state index is 11.7. The molecule has 0 bridgehead atoms. The number of carbonyl (C=O) groups is 2. The molecule has 23 heavy (non-hydrogen) atoms. The van der Waals surface area contributed by atoms with Crippen LogP contribution in [0.4, 0.5) is 5.69 Å². The average molecular weight is 364 g/mol. The smallest absolute Gasteiger partial charge is 0.354 e. The van der Waals surface area contributed by atoms with Crippen molar-refractivity contribution >= 4 is 39.3 Å². The van der Waals surface area contributed by atoms with E-state index in [1.165, 1.54) is 13.0 Å². The lowest BCUT2D eigenvalue weighted by Gasteiger charge is -2.13. The first-order chi connectivity index (χ1) is 10.6. The maximum atomic E-state index is 11.7. The Balaban J connectivity index is 3.44. The Morgan fingerprint density at radius 3 is 2.35 bits per heavy atom. The van der Waals surface area contributed by atoms with Gasteiger partial charge in [0.15, 0.2) is 0 Å². The zero-order valence-corrected chi connectivity index (χ0v) is 14.0. The van der Waals surface area contributed by atoms with Crippen LogP contribution in [0.5, 0.6) is 0 Å². The molecule has 126 valence electrons. The van der Waals surface area contributed by atoms with E-state index in [1.54, 1.807) is 0 Å². The summed E-state index contributed by atoms with van der Waals surface area (Å²) in [5.74, 6) is -1.82. The second-order valence-electron chi connectivity index (χ2n) is 4.27. The second kappa shape index (κ2) is 7.44. The van der Waals surface area contributed by atoms with Gasteiger partial charge in [0.2, 0.25) is 0 Å². The molecule has 0 amide bonds. The number of hydrogen-bond acceptors (Lipinski definition) is 7. The van der Waals surface area contributed by atoms with Crippen molar-refractivity contribution in [3.8, 4) is 0 Å². The molecule has 1 aromatic rings. The highest BCUT2D eigenvalue weighted by molar-refractivity contribution is 7.86. The fraction of sp³-hybridized carbons (Fsp3) is 0.231. The van der Waals surface area contributed by atoms with Crippen molar-refractivity contribution in [1.29, 1.82) is 0 Å². The summed E-state index contributed by atoms with van der Waals surface area (Å²) in [6.45, 7) is 1.53. The van der Waals surface area contributed by atoms with Crippen LogP contribution in [0.1, 0.15) is 5.56 Å². The number of ether oxygens (including phenoxy) is 2. The molecule has 0 unspecified atom stereocenters. The molecule has 10 heteroatoms. The van der Waals surface area contributed by atoms with E-state index in [2.05, 4.69) is 14.8 Å². The van der Waals surface area contributed by atoms with Crippen molar-refractivity contribution in [2.45, 2.75) is 11.8 Å². The molecule has 0 atom stereocenters. The van der Waals surface area contributed by atoms with Crippen LogP contribution < -0.4 is 5.32 Å². The van der Waals surface area contributed by atoms with Crippen LogP contribution in [-0.4, -0.2) is 39.1 Å². The van der Waals surface area contributed by atoms with Crippen LogP contribution in [0.2, 0.25) is 5.02 Å². The first kappa shape index (κ1) is 18.9. The molecule has 0 fully saturated rings. The van der Waals surface area contributed by atoms with Crippen molar-refractivity contribution in [2.75, 3.05) is 19.5 Å². The molecular formula is C13H14ClNO7S. The number of methoxy groups -OCH3 is 2. The Morgan fingerprint density at radius 1 is 1.26 bits per heavy atom. The predicted molar refractivity (Wildman–Crippen MR) is 81.7 cm³/mol. The fourth-order valence-corrected chi connectivity index (χ4v) is 2.42. The van der Waals surface area contributed by atoms with Crippen LogP contribution >= 0.6 is 11.6 Å². The van der Waals surface area contributed by atoms with E-state index in [0.717, 1.165) is 26.4 Å². The summed E-state index contributed by atoms with van der Waals surface area (Å²) in [5.41, 5.74) is -0.214. The van der Waals surface area contributed by atoms with Gasteiger partial charge in [-0.15, -0.1) is 0 Å². The lowest BCUT2D eigenvalue weighted by Crippen LogP contribution is -2.17. The van der Waals surface area contributed by atoms with Gasteiger partial charge in [-0.2, -0.15) is 8.42 Å². The van der Waals surface area contributed by atoms with E-state index in [-0.39, 0.29) is 10.7 Å². The molecule has 0 radical (unpaired) electrons. The molecule has 8 nitrogen and oxygen atoms in total. The van der Waals surface area contributed by atoms with Gasteiger partial charge >= 0.3 is 11.9 Å². The third-order valence-corrected chi connectivity index (χ3v) is 3.98. The highest BCUT2D eigenvalue weighted by Gasteiger charge is 2.21. The normalized spacial score (nSPS) is 11.8. The fourth-order valence-electron chi connectivity index (χ4n) is 1.54. The minimum Gasteiger partial charge on any atom is -0.466 e. The number of esters is 2. The molecule has 1 aromatic carbocycles. The van der Waals surface area contributed by atoms with Gasteiger partial charge in [0.1, 0.15) is 10.6 Å². The number of aryl methyl sites for hydroxylation is 1. The Morgan fingerprint density at radius 2 is 1.87 bits per heavy atom. The summed E-state index contributed by atoms with van der Waals surface area (Å²) in [7, 11) is -2.43. The van der Waals surface area contributed by atoms with Gasteiger partial charge in [0.25, 0.3) is 10.1 Å². The lowest BCUT2D eigenvalue weighted by molar-refractivity contribution is -0.138. The minimum atomic E-state index is -4.60. The van der Waals surface area contributed by atoms with Gasteiger partial charge < -0.3 is 14.8 Å². The molecule has 0 aromatic heterocycles. The minimum absolute atomic E-state index is 0.183. The van der Waals surface area contributed by atoms with Gasteiger partial charge in [-0.05, 0) is 24.6 Å². The zero-order valence-electron chi connectivity index (χ0n) is 12.4. The maximum Gasteiger partial charge on any atom is 0.354 e. The summed E-state index contributed by atoms with van der Waals surface area (Å²) in [5, 5.41) is 2.58. The van der Waals surface area contributed by atoms with Gasteiger partial charge in [-0.1, -0.05) is 11.6 Å². The Hall–Kier alpha value is -2.10. The third kappa shape index (κ3) is 4.95. The van der Waals surface area contributed by atoms with Crippen LogP contribution in [0.15, 0.2) is 28.8 Å². The first-order valence-corrected chi connectivity index (χ1v) is 7.84. The SMILES string of the molecule is COC(=O)/C=C(/Nc1cc(Cl)c(C)cc1S(=O)(=O)O)C(=O)OC. The quantitative estimate of drug-likeness (QED) is 0.459. The molecular weight excluding hydrogens is 350 g/mol. The molecule has 0 aliphatic heterocycles. The molecule has 1 rings (SSSR count). The Kier molecular flexibility index (Phi) is 6.13. The Labute approximate surface area is 137 Å². The van der Waals surface area contributed by atoms with Crippen molar-refractivity contribution in [3.05, 3.63) is 34.5 Å². The van der Waals surface area contributed by atoms with Gasteiger partial charge in [0.05, 0.1) is 26.0 Å². The van der Waals surface area contributed by atoms with Crippen molar-refractivity contribution in [2.24, 2.45) is 0 Å². The zero-order chi connectivity index (χ0) is 17.8. The highest BCUT2D eigenvalue weighted by Crippen LogP contribution is 2.29. The van der Waals surface area contributed by atoms with Crippen LogP contribution in [0.3, 0.4) is 0 Å². The van der Waals surface area contributed by atoms with Crippen LogP contribution in [0.25, 0.3) is 0 Å². The summed E-state index contributed by atoms with van der Waals surface area (Å²) < 4.78 is 41.1. The summed E-state index contributed by atoms with van der Waals surface area (Å²) >= 11 is 5.92. The molecule has 0 aliphatic rings. The number of hydrogen-bond donors (Lipinski definition) is 2. The van der Waals surface area contributed by atoms with E-state index in [4.69, 9.17) is 11.6 Å². The van der Waals surface area contributed by atoms with Gasteiger partial charge in [-0.25, -0.2) is 9.59 Å². The van der Waals surface area contributed by atoms with E-state index in [1.807, 2.05) is 0 Å². The van der Waals surface area contributed by atoms with E-state index < -0.39 is 32.6 Å². The van der Waals surface area contributed by atoms with E-state index >= 15 is 0 Å². The van der Waals surface area contributed by atoms with Crippen molar-refractivity contribution < 1.29 is 32.0 Å². The number of nitrogens with one attached hydrogen (secondary N) is 1. The monoisotopic (exact) mass is 363 g/mol. The predicted octanol–water partition coefficient (Wildman–Crippen LogP) is 1.54. The van der Waals surface area contributed by atoms with E-state index in [9.17, 15) is 22.6 Å². The summed E-state index contributed by atoms with van der Waals surface area (Å²) in [6.07, 6.45) is 0.771. The molecule has 0 saturated heterocycles. The third-order valence-electron chi connectivity index (χ3n) is 2.68. The highest BCUT2D eigenvalue weighted by atomic mass is 35.5. The number of rotatable bonds is 5. The van der Waals surface area contributed by atoms with Crippen molar-refractivity contribution in [3.63, 3.8) is 0 Å². The molecule has 0 heterocycles. The van der Waals surface area contributed by atoms with Gasteiger partial charge in [0, 0.05) is 5.02 Å². The molecule has 2 N–H and O–H groups in total. The second-order valence-corrected chi connectivity index (χ2v) is 6.07. The first-order valence-electron chi connectivity index (χ1n) is 6.02. The Bertz CT molecular complexity index is 771. The largest absolute Gasteiger partial charge is 0.466 e. The van der Waals surface area contributed by atoms with E-state index in [0.29, 0.717) is 5.56 Å². The number of carbonyl (C=O) groups excluding carboxylic acids is 2. The number of anilines is 1. The van der Waals surface area contributed by atoms with Crippen molar-refractivity contribution in [1.82, 2.24) is 0 Å². The molecule has 0 saturated carbocycles. The molecule has 0 aliphatic carbocycles. The standard InChI is InChI=1S/C13H14ClNO7S/c1-7-4-11(23(18,19)20)9(5-8(7)14)15-10(13(17)22-3)6-12(16)21-2/h4-6,15H,1-3H3,(H,18,19,20)/b10-6+. The molecule has 0 spiro atoms. The summed E-state index contributed by atoms with van der Waals surface area (Å²) in [4.78, 5) is 22.5. The number of halogens is 1. The van der Waals surface area contributed by atoms with Crippen LogP contribution in [0, 0.1) is 6.92 Å². The van der Waals surface area contributed by atoms with Gasteiger partial charge in [-0.3, -0.25) is 4.55 Å². The summed E-state index contributed by atoms with van der Waals surface area (Å²) in [6, 6.07) is 2.31.